The van der Waals surface area contributed by atoms with Gasteiger partial charge in [-0.15, -0.1) is 0 Å². The lowest BCUT2D eigenvalue weighted by atomic mass is 9.77. The molecule has 0 bridgehead atoms. The summed E-state index contributed by atoms with van der Waals surface area (Å²) in [4.78, 5) is 28.0. The van der Waals surface area contributed by atoms with E-state index < -0.39 is 28.6 Å². The first-order valence-electron chi connectivity index (χ1n) is 15.8. The Bertz CT molecular complexity index is 1610. The first-order chi connectivity index (χ1) is 21.1. The van der Waals surface area contributed by atoms with Crippen molar-refractivity contribution in [2.24, 2.45) is 13.0 Å². The van der Waals surface area contributed by atoms with Gasteiger partial charge in [-0.1, -0.05) is 17.7 Å². The first kappa shape index (κ1) is 32.0. The number of hydrogen-bond acceptors (Lipinski definition) is 6. The summed E-state index contributed by atoms with van der Waals surface area (Å²) in [5.41, 5.74) is 1.60. The summed E-state index contributed by atoms with van der Waals surface area (Å²) in [5, 5.41) is 4.88. The van der Waals surface area contributed by atoms with Gasteiger partial charge in [0.15, 0.2) is 0 Å². The minimum absolute atomic E-state index is 0.0153. The lowest BCUT2D eigenvalue weighted by molar-refractivity contribution is -0.153. The maximum atomic E-state index is 15.2. The fourth-order valence-electron chi connectivity index (χ4n) is 7.69. The summed E-state index contributed by atoms with van der Waals surface area (Å²) in [7, 11) is 1.87. The fourth-order valence-corrected chi connectivity index (χ4v) is 7.85. The number of amides is 1. The van der Waals surface area contributed by atoms with Crippen molar-refractivity contribution in [3.63, 3.8) is 0 Å². The molecule has 0 N–H and O–H groups in total. The number of fused-ring (bicyclic) bond motifs is 2. The molecule has 0 radical (unpaired) electrons. The number of nitrogens with zero attached hydrogens (tertiary/aromatic N) is 6. The molecule has 0 aliphatic carbocycles. The molecule has 2 fully saturated rings. The highest BCUT2D eigenvalue weighted by molar-refractivity contribution is 6.31. The molecule has 2 saturated heterocycles. The molecule has 3 aliphatic rings. The summed E-state index contributed by atoms with van der Waals surface area (Å²) in [6, 6.07) is 5.69. The number of benzene rings is 1. The molecule has 3 aliphatic heterocycles. The van der Waals surface area contributed by atoms with E-state index in [2.05, 4.69) is 49.6 Å². The number of carbonyl (C=O) groups excluding carboxylic acids is 1. The Morgan fingerprint density at radius 1 is 1.07 bits per heavy atom. The Hall–Kier alpha value is -2.95. The quantitative estimate of drug-likeness (QED) is 0.337. The third kappa shape index (κ3) is 5.57. The van der Waals surface area contributed by atoms with Crippen LogP contribution in [-0.2, 0) is 27.6 Å². The van der Waals surface area contributed by atoms with E-state index in [9.17, 15) is 9.18 Å². The van der Waals surface area contributed by atoms with Gasteiger partial charge in [0, 0.05) is 55.7 Å². The number of halogens is 3. The largest absolute Gasteiger partial charge is 0.359 e. The van der Waals surface area contributed by atoms with Crippen LogP contribution in [0.2, 0.25) is 5.02 Å². The number of rotatable bonds is 4. The number of pyridine rings is 1. The number of hydrogen-bond donors (Lipinski definition) is 0. The normalized spacial score (nSPS) is 23.9. The maximum absolute atomic E-state index is 15.2. The predicted molar refractivity (Wildman–Crippen MR) is 168 cm³/mol. The zero-order chi connectivity index (χ0) is 32.5. The van der Waals surface area contributed by atoms with Crippen molar-refractivity contribution in [3.05, 3.63) is 75.6 Å². The molecule has 3 aromatic rings. The highest BCUT2D eigenvalue weighted by Gasteiger charge is 2.54. The number of piperidine rings is 2. The van der Waals surface area contributed by atoms with E-state index >= 15 is 4.39 Å². The molecule has 1 spiro atoms. The van der Waals surface area contributed by atoms with E-state index in [4.69, 9.17) is 21.3 Å². The maximum Gasteiger partial charge on any atom is 0.226 e. The molecule has 6 rings (SSSR count). The third-order valence-corrected chi connectivity index (χ3v) is 10.7. The van der Waals surface area contributed by atoms with Crippen molar-refractivity contribution in [2.75, 3.05) is 26.2 Å². The summed E-state index contributed by atoms with van der Waals surface area (Å²) in [5.74, 6) is -1.20. The number of aryl methyl sites for hydroxylation is 2. The minimum atomic E-state index is -0.680. The van der Waals surface area contributed by atoms with Crippen molar-refractivity contribution < 1.29 is 18.3 Å². The molecular formula is C34H43ClF2N6O2. The second kappa shape index (κ2) is 11.4. The van der Waals surface area contributed by atoms with E-state index in [-0.39, 0.29) is 23.5 Å². The van der Waals surface area contributed by atoms with Crippen LogP contribution >= 0.6 is 11.6 Å². The van der Waals surface area contributed by atoms with Crippen molar-refractivity contribution in [3.8, 4) is 0 Å². The summed E-state index contributed by atoms with van der Waals surface area (Å²) >= 11 is 6.61. The van der Waals surface area contributed by atoms with Gasteiger partial charge in [0.1, 0.15) is 29.4 Å². The van der Waals surface area contributed by atoms with Crippen molar-refractivity contribution in [1.29, 1.82) is 0 Å². The van der Waals surface area contributed by atoms with Crippen LogP contribution in [0.5, 0.6) is 0 Å². The van der Waals surface area contributed by atoms with Gasteiger partial charge in [-0.3, -0.25) is 19.4 Å². The van der Waals surface area contributed by atoms with Crippen LogP contribution < -0.4 is 0 Å². The monoisotopic (exact) mass is 640 g/mol. The topological polar surface area (TPSA) is 76.4 Å². The lowest BCUT2D eigenvalue weighted by Gasteiger charge is -2.47. The van der Waals surface area contributed by atoms with E-state index in [1.165, 1.54) is 12.1 Å². The van der Waals surface area contributed by atoms with Crippen LogP contribution in [0.25, 0.3) is 0 Å². The summed E-state index contributed by atoms with van der Waals surface area (Å²) < 4.78 is 37.8. The van der Waals surface area contributed by atoms with Crippen LogP contribution in [0.4, 0.5) is 8.78 Å². The van der Waals surface area contributed by atoms with Crippen LogP contribution in [0.15, 0.2) is 30.6 Å². The fraction of sp³-hybridized carbons (Fsp3) is 0.588. The van der Waals surface area contributed by atoms with E-state index in [0.29, 0.717) is 49.5 Å². The Morgan fingerprint density at radius 2 is 1.78 bits per heavy atom. The van der Waals surface area contributed by atoms with Crippen LogP contribution in [0, 0.1) is 24.5 Å². The van der Waals surface area contributed by atoms with E-state index in [1.807, 2.05) is 24.9 Å². The SMILES string of the molecule is Cc1nc2c(cc1Cl)[C@@H](C(C)(C)c1ncnn1C)OC21CCN(C(=O)[C@@H]2CCN(C(C)(C)C)C[C@H]2c2ccc(F)cc2F)CC1. The smallest absolute Gasteiger partial charge is 0.226 e. The van der Waals surface area contributed by atoms with Gasteiger partial charge in [0.2, 0.25) is 5.91 Å². The zero-order valence-electron chi connectivity index (χ0n) is 27.2. The van der Waals surface area contributed by atoms with Crippen LogP contribution in [0.1, 0.15) is 94.2 Å². The summed E-state index contributed by atoms with van der Waals surface area (Å²) in [6.07, 6.45) is 2.93. The minimum Gasteiger partial charge on any atom is -0.359 e. The molecule has 0 unspecified atom stereocenters. The van der Waals surface area contributed by atoms with Gasteiger partial charge in [0.05, 0.1) is 27.9 Å². The molecule has 242 valence electrons. The molecule has 2 aromatic heterocycles. The van der Waals surface area contributed by atoms with Gasteiger partial charge in [-0.25, -0.2) is 13.8 Å². The molecule has 1 amide bonds. The van der Waals surface area contributed by atoms with Gasteiger partial charge < -0.3 is 9.64 Å². The molecule has 3 atom stereocenters. The predicted octanol–water partition coefficient (Wildman–Crippen LogP) is 6.22. The summed E-state index contributed by atoms with van der Waals surface area (Å²) in [6.45, 7) is 14.7. The third-order valence-electron chi connectivity index (χ3n) is 10.3. The van der Waals surface area contributed by atoms with E-state index in [1.54, 1.807) is 11.0 Å². The second-order valence-corrected chi connectivity index (χ2v) is 14.9. The molecule has 5 heterocycles. The number of carbonyl (C=O) groups is 1. The van der Waals surface area contributed by atoms with Gasteiger partial charge in [-0.2, -0.15) is 5.10 Å². The molecule has 8 nitrogen and oxygen atoms in total. The van der Waals surface area contributed by atoms with Crippen molar-refractivity contribution >= 4 is 17.5 Å². The number of ether oxygens (including phenoxy) is 1. The standard InChI is InChI=1S/C34H43ClF2N6O2/c1-20-26(35)17-24-28(40-20)34(45-29(24)33(5,6)31-38-19-39-41(31)7)11-14-42(15-12-34)30(44)23-10-13-43(32(2,3)4)18-25(23)22-9-8-21(36)16-27(22)37/h8-9,16-17,19,23,25,29H,10-15,18H2,1-7H3/t23-,25+,29+/m1/s1. The van der Waals surface area contributed by atoms with Gasteiger partial charge in [0.25, 0.3) is 0 Å². The first-order valence-corrected chi connectivity index (χ1v) is 16.2. The highest BCUT2D eigenvalue weighted by atomic mass is 35.5. The molecule has 0 saturated carbocycles. The second-order valence-electron chi connectivity index (χ2n) is 14.5. The zero-order valence-corrected chi connectivity index (χ0v) is 28.0. The average molecular weight is 641 g/mol. The Kier molecular flexibility index (Phi) is 8.10. The Morgan fingerprint density at radius 3 is 2.40 bits per heavy atom. The molecule has 45 heavy (non-hydrogen) atoms. The van der Waals surface area contributed by atoms with Crippen LogP contribution in [-0.4, -0.2) is 67.2 Å². The van der Waals surface area contributed by atoms with E-state index in [0.717, 1.165) is 35.4 Å². The van der Waals surface area contributed by atoms with Crippen molar-refractivity contribution in [1.82, 2.24) is 29.5 Å². The molecule has 11 heteroatoms. The highest BCUT2D eigenvalue weighted by Crippen LogP contribution is 2.55. The lowest BCUT2D eigenvalue weighted by Crippen LogP contribution is -2.54. The van der Waals surface area contributed by atoms with Gasteiger partial charge in [-0.05, 0) is 85.0 Å². The molecule has 1 aromatic carbocycles. The number of likely N-dealkylation sites (tertiary alicyclic amines) is 2. The molecular weight excluding hydrogens is 598 g/mol. The average Bonchev–Trinajstić information content (AvgIpc) is 3.55. The van der Waals surface area contributed by atoms with Gasteiger partial charge >= 0.3 is 0 Å². The Balaban J connectivity index is 1.27. The van der Waals surface area contributed by atoms with Crippen LogP contribution in [0.3, 0.4) is 0 Å². The van der Waals surface area contributed by atoms with Crippen molar-refractivity contribution in [2.45, 2.75) is 89.4 Å². The number of aromatic nitrogens is 4. The Labute approximate surface area is 269 Å².